The Morgan fingerprint density at radius 2 is 1.84 bits per heavy atom. The van der Waals surface area contributed by atoms with E-state index in [9.17, 15) is 0 Å². The molecule has 0 amide bonds. The van der Waals surface area contributed by atoms with Gasteiger partial charge >= 0.3 is 0 Å². The summed E-state index contributed by atoms with van der Waals surface area (Å²) in [5.74, 6) is 3.02. The van der Waals surface area contributed by atoms with Gasteiger partial charge < -0.3 is 15.4 Å². The Hall–Kier alpha value is -1.52. The molecular weight excluding hydrogens is 240 g/mol. The quantitative estimate of drug-likeness (QED) is 0.815. The molecule has 2 N–H and O–H groups in total. The Balaban J connectivity index is 1.80. The molecule has 1 heterocycles. The molecule has 19 heavy (non-hydrogen) atoms. The van der Waals surface area contributed by atoms with Crippen LogP contribution in [0.15, 0.2) is 6.33 Å². The molecule has 0 atom stereocenters. The molecule has 3 rings (SSSR count). The normalized spacial score (nSPS) is 18.4. The average Bonchev–Trinajstić information content (AvgIpc) is 3.27. The lowest BCUT2D eigenvalue weighted by Gasteiger charge is -2.25. The maximum Gasteiger partial charge on any atom is 0.242 e. The fourth-order valence-corrected chi connectivity index (χ4v) is 2.35. The SMILES string of the molecule is CCOc1ncnc(N(CC2CC2)CC2CC2)c1N. The molecule has 1 aromatic heterocycles. The van der Waals surface area contributed by atoms with E-state index in [1.807, 2.05) is 6.92 Å². The van der Waals surface area contributed by atoms with Crippen LogP contribution >= 0.6 is 0 Å². The molecule has 2 aliphatic rings. The first-order chi connectivity index (χ1) is 9.28. The van der Waals surface area contributed by atoms with Crippen molar-refractivity contribution in [3.63, 3.8) is 0 Å². The minimum Gasteiger partial charge on any atom is -0.476 e. The van der Waals surface area contributed by atoms with Crippen LogP contribution in [-0.4, -0.2) is 29.7 Å². The molecule has 0 unspecified atom stereocenters. The van der Waals surface area contributed by atoms with E-state index < -0.39 is 0 Å². The smallest absolute Gasteiger partial charge is 0.242 e. The molecule has 2 fully saturated rings. The third-order valence-corrected chi connectivity index (χ3v) is 3.76. The molecule has 0 bridgehead atoms. The van der Waals surface area contributed by atoms with Crippen LogP contribution in [0.4, 0.5) is 11.5 Å². The number of anilines is 2. The second-order valence-corrected chi connectivity index (χ2v) is 5.64. The highest BCUT2D eigenvalue weighted by Crippen LogP contribution is 2.37. The lowest BCUT2D eigenvalue weighted by molar-refractivity contribution is 0.328. The summed E-state index contributed by atoms with van der Waals surface area (Å²) in [7, 11) is 0. The zero-order valence-electron chi connectivity index (χ0n) is 11.5. The molecule has 104 valence electrons. The van der Waals surface area contributed by atoms with Gasteiger partial charge in [-0.2, -0.15) is 4.98 Å². The summed E-state index contributed by atoms with van der Waals surface area (Å²) in [4.78, 5) is 10.9. The Morgan fingerprint density at radius 3 is 2.37 bits per heavy atom. The molecule has 0 aromatic carbocycles. The third kappa shape index (κ3) is 3.08. The second kappa shape index (κ2) is 5.23. The van der Waals surface area contributed by atoms with E-state index in [2.05, 4.69) is 14.9 Å². The lowest BCUT2D eigenvalue weighted by Crippen LogP contribution is -2.30. The number of nitrogens with two attached hydrogens (primary N) is 1. The van der Waals surface area contributed by atoms with Crippen LogP contribution in [0.5, 0.6) is 5.88 Å². The van der Waals surface area contributed by atoms with Crippen molar-refractivity contribution in [2.75, 3.05) is 30.3 Å². The van der Waals surface area contributed by atoms with Crippen molar-refractivity contribution < 1.29 is 4.74 Å². The molecule has 2 saturated carbocycles. The number of aromatic nitrogens is 2. The van der Waals surface area contributed by atoms with Crippen molar-refractivity contribution in [1.29, 1.82) is 0 Å². The highest BCUT2D eigenvalue weighted by molar-refractivity contribution is 5.67. The molecule has 0 radical (unpaired) electrons. The molecular formula is C14H22N4O. The van der Waals surface area contributed by atoms with Crippen molar-refractivity contribution >= 4 is 11.5 Å². The van der Waals surface area contributed by atoms with Crippen LogP contribution in [0.2, 0.25) is 0 Å². The van der Waals surface area contributed by atoms with Gasteiger partial charge in [-0.25, -0.2) is 4.98 Å². The van der Waals surface area contributed by atoms with Gasteiger partial charge in [0.2, 0.25) is 5.88 Å². The van der Waals surface area contributed by atoms with Crippen LogP contribution in [-0.2, 0) is 0 Å². The summed E-state index contributed by atoms with van der Waals surface area (Å²) < 4.78 is 5.47. The van der Waals surface area contributed by atoms with Crippen LogP contribution in [0, 0.1) is 11.8 Å². The highest BCUT2D eigenvalue weighted by atomic mass is 16.5. The first kappa shape index (κ1) is 12.5. The van der Waals surface area contributed by atoms with E-state index >= 15 is 0 Å². The van der Waals surface area contributed by atoms with Gasteiger partial charge in [-0.1, -0.05) is 0 Å². The maximum absolute atomic E-state index is 6.17. The van der Waals surface area contributed by atoms with Crippen molar-refractivity contribution in [1.82, 2.24) is 9.97 Å². The predicted molar refractivity (Wildman–Crippen MR) is 75.3 cm³/mol. The number of ether oxygens (including phenoxy) is 1. The van der Waals surface area contributed by atoms with Gasteiger partial charge in [0.1, 0.15) is 12.0 Å². The summed E-state index contributed by atoms with van der Waals surface area (Å²) in [6.45, 7) is 4.66. The minimum atomic E-state index is 0.518. The summed E-state index contributed by atoms with van der Waals surface area (Å²) in [6, 6.07) is 0. The van der Waals surface area contributed by atoms with Gasteiger partial charge in [0.15, 0.2) is 5.82 Å². The van der Waals surface area contributed by atoms with Crippen LogP contribution in [0.25, 0.3) is 0 Å². The Morgan fingerprint density at radius 1 is 1.21 bits per heavy atom. The largest absolute Gasteiger partial charge is 0.476 e. The topological polar surface area (TPSA) is 64.3 Å². The van der Waals surface area contributed by atoms with Crippen LogP contribution in [0.3, 0.4) is 0 Å². The van der Waals surface area contributed by atoms with E-state index in [4.69, 9.17) is 10.5 Å². The van der Waals surface area contributed by atoms with Crippen molar-refractivity contribution in [2.24, 2.45) is 11.8 Å². The molecule has 0 aliphatic heterocycles. The molecule has 5 heteroatoms. The predicted octanol–water partition coefficient (Wildman–Crippen LogP) is 2.08. The van der Waals surface area contributed by atoms with E-state index in [0.29, 0.717) is 18.2 Å². The fraction of sp³-hybridized carbons (Fsp3) is 0.714. The van der Waals surface area contributed by atoms with Crippen molar-refractivity contribution in [3.8, 4) is 5.88 Å². The molecule has 1 aromatic rings. The van der Waals surface area contributed by atoms with E-state index in [-0.39, 0.29) is 0 Å². The van der Waals surface area contributed by atoms with Gasteiger partial charge in [-0.15, -0.1) is 0 Å². The molecule has 5 nitrogen and oxygen atoms in total. The zero-order valence-corrected chi connectivity index (χ0v) is 11.5. The maximum atomic E-state index is 6.17. The first-order valence-electron chi connectivity index (χ1n) is 7.26. The van der Waals surface area contributed by atoms with Crippen LogP contribution in [0.1, 0.15) is 32.6 Å². The standard InChI is InChI=1S/C14H22N4O/c1-2-19-14-12(15)13(16-9-17-14)18(7-10-3-4-10)8-11-5-6-11/h9-11H,2-8,15H2,1H3. The number of hydrogen-bond donors (Lipinski definition) is 1. The van der Waals surface area contributed by atoms with Gasteiger partial charge in [-0.05, 0) is 44.4 Å². The number of rotatable bonds is 7. The van der Waals surface area contributed by atoms with Gasteiger partial charge in [-0.3, -0.25) is 0 Å². The third-order valence-electron chi connectivity index (χ3n) is 3.76. The zero-order chi connectivity index (χ0) is 13.2. The fourth-order valence-electron chi connectivity index (χ4n) is 2.35. The lowest BCUT2D eigenvalue weighted by atomic mass is 10.3. The Bertz CT molecular complexity index is 429. The summed E-state index contributed by atoms with van der Waals surface area (Å²) in [5, 5.41) is 0. The number of nitrogen functional groups attached to an aromatic ring is 1. The van der Waals surface area contributed by atoms with E-state index in [1.54, 1.807) is 6.33 Å². The molecule has 0 spiro atoms. The first-order valence-corrected chi connectivity index (χ1v) is 7.26. The average molecular weight is 262 g/mol. The molecule has 0 saturated heterocycles. The van der Waals surface area contributed by atoms with Gasteiger partial charge in [0.05, 0.1) is 6.61 Å². The second-order valence-electron chi connectivity index (χ2n) is 5.64. The Labute approximate surface area is 114 Å². The molecule has 2 aliphatic carbocycles. The number of nitrogens with zero attached hydrogens (tertiary/aromatic N) is 3. The summed E-state index contributed by atoms with van der Waals surface area (Å²) >= 11 is 0. The monoisotopic (exact) mass is 262 g/mol. The minimum absolute atomic E-state index is 0.518. The highest BCUT2D eigenvalue weighted by Gasteiger charge is 2.31. The summed E-state index contributed by atoms with van der Waals surface area (Å²) in [6.07, 6.45) is 6.91. The van der Waals surface area contributed by atoms with Crippen molar-refractivity contribution in [3.05, 3.63) is 6.33 Å². The summed E-state index contributed by atoms with van der Waals surface area (Å²) in [5.41, 5.74) is 6.76. The van der Waals surface area contributed by atoms with Crippen molar-refractivity contribution in [2.45, 2.75) is 32.6 Å². The van der Waals surface area contributed by atoms with E-state index in [0.717, 1.165) is 30.7 Å². The number of hydrogen-bond acceptors (Lipinski definition) is 5. The van der Waals surface area contributed by atoms with Gasteiger partial charge in [0.25, 0.3) is 0 Å². The Kier molecular flexibility index (Phi) is 3.44. The van der Waals surface area contributed by atoms with E-state index in [1.165, 1.54) is 25.7 Å². The van der Waals surface area contributed by atoms with Crippen LogP contribution < -0.4 is 15.4 Å². The van der Waals surface area contributed by atoms with Gasteiger partial charge in [0, 0.05) is 13.1 Å².